The largest absolute Gasteiger partial charge is 0.349 e. The van der Waals surface area contributed by atoms with Crippen LogP contribution in [0, 0.1) is 5.92 Å². The lowest BCUT2D eigenvalue weighted by molar-refractivity contribution is -0.133. The molecule has 0 radical (unpaired) electrons. The topological polar surface area (TPSA) is 168 Å². The molecule has 1 fully saturated rings. The van der Waals surface area contributed by atoms with E-state index in [1.165, 1.54) is 38.5 Å². The van der Waals surface area contributed by atoms with Gasteiger partial charge in [0.2, 0.25) is 23.6 Å². The van der Waals surface area contributed by atoms with Crippen LogP contribution in [0.25, 0.3) is 0 Å². The molecule has 0 aliphatic carbocycles. The summed E-state index contributed by atoms with van der Waals surface area (Å²) >= 11 is 0. The van der Waals surface area contributed by atoms with Gasteiger partial charge in [-0.1, -0.05) is 78.6 Å². The summed E-state index contributed by atoms with van der Waals surface area (Å²) < 4.78 is 0. The fourth-order valence-corrected chi connectivity index (χ4v) is 4.55. The zero-order chi connectivity index (χ0) is 27.6. The number of carbonyl (C=O) groups excluding carboxylic acids is 4. The van der Waals surface area contributed by atoms with Gasteiger partial charge in [-0.3, -0.25) is 19.2 Å². The molecule has 37 heavy (non-hydrogen) atoms. The van der Waals surface area contributed by atoms with Crippen molar-refractivity contribution in [2.75, 3.05) is 13.1 Å². The molecule has 1 aliphatic rings. The third-order valence-corrected chi connectivity index (χ3v) is 6.95. The number of carbonyl (C=O) groups is 4. The summed E-state index contributed by atoms with van der Waals surface area (Å²) in [4.78, 5) is 51.5. The molecule has 1 aliphatic heterocycles. The normalized spacial score (nSPS) is 23.8. The number of hydrogen-bond donors (Lipinski definition) is 6. The molecule has 4 amide bonds. The van der Waals surface area contributed by atoms with Crippen LogP contribution in [-0.2, 0) is 19.2 Å². The SMILES string of the molecule is CCCCCCCCCCC[C@H]1NC(=O)[C@H](C(C)C)NC(=O)[C@H](CCCCN)NC(=O)CNC(=O)[C@@H]1N. The van der Waals surface area contributed by atoms with Gasteiger partial charge >= 0.3 is 0 Å². The first-order valence-electron chi connectivity index (χ1n) is 14.3. The minimum Gasteiger partial charge on any atom is -0.349 e. The zero-order valence-electron chi connectivity index (χ0n) is 23.3. The van der Waals surface area contributed by atoms with E-state index in [9.17, 15) is 19.2 Å². The lowest BCUT2D eigenvalue weighted by atomic mass is 9.97. The summed E-state index contributed by atoms with van der Waals surface area (Å²) in [6, 6.07) is -3.24. The van der Waals surface area contributed by atoms with Gasteiger partial charge in [-0.25, -0.2) is 0 Å². The predicted octanol–water partition coefficient (Wildman–Crippen LogP) is 1.60. The van der Waals surface area contributed by atoms with Crippen molar-refractivity contribution in [2.45, 2.75) is 128 Å². The molecule has 0 spiro atoms. The fraction of sp³-hybridized carbons (Fsp3) is 0.852. The predicted molar refractivity (Wildman–Crippen MR) is 146 cm³/mol. The van der Waals surface area contributed by atoms with Crippen LogP contribution in [0.3, 0.4) is 0 Å². The van der Waals surface area contributed by atoms with Crippen LogP contribution in [-0.4, -0.2) is 60.9 Å². The van der Waals surface area contributed by atoms with Crippen molar-refractivity contribution in [1.82, 2.24) is 21.3 Å². The smallest absolute Gasteiger partial charge is 0.243 e. The van der Waals surface area contributed by atoms with Crippen LogP contribution < -0.4 is 32.7 Å². The number of hydrogen-bond acceptors (Lipinski definition) is 6. The van der Waals surface area contributed by atoms with E-state index in [1.807, 2.05) is 13.8 Å². The van der Waals surface area contributed by atoms with Gasteiger partial charge in [0, 0.05) is 0 Å². The second-order valence-electron chi connectivity index (χ2n) is 10.6. The van der Waals surface area contributed by atoms with Gasteiger partial charge in [0.15, 0.2) is 0 Å². The molecule has 1 heterocycles. The Morgan fingerprint density at radius 2 is 1.35 bits per heavy atom. The highest BCUT2D eigenvalue weighted by Gasteiger charge is 2.33. The van der Waals surface area contributed by atoms with Crippen LogP contribution in [0.5, 0.6) is 0 Å². The van der Waals surface area contributed by atoms with Crippen molar-refractivity contribution >= 4 is 23.6 Å². The van der Waals surface area contributed by atoms with Gasteiger partial charge < -0.3 is 32.7 Å². The van der Waals surface area contributed by atoms with E-state index >= 15 is 0 Å². The maximum absolute atomic E-state index is 13.2. The van der Waals surface area contributed by atoms with Gasteiger partial charge in [0.05, 0.1) is 12.6 Å². The molecule has 0 aromatic heterocycles. The van der Waals surface area contributed by atoms with Crippen LogP contribution in [0.1, 0.15) is 104 Å². The van der Waals surface area contributed by atoms with Gasteiger partial charge in [0.25, 0.3) is 0 Å². The van der Waals surface area contributed by atoms with Crippen molar-refractivity contribution in [3.8, 4) is 0 Å². The Labute approximate surface area is 223 Å². The van der Waals surface area contributed by atoms with E-state index in [4.69, 9.17) is 11.5 Å². The van der Waals surface area contributed by atoms with E-state index in [0.29, 0.717) is 32.2 Å². The molecule has 8 N–H and O–H groups in total. The van der Waals surface area contributed by atoms with Crippen molar-refractivity contribution in [3.63, 3.8) is 0 Å². The average molecular weight is 525 g/mol. The van der Waals surface area contributed by atoms with E-state index in [1.54, 1.807) is 0 Å². The molecule has 0 bridgehead atoms. The number of amides is 4. The van der Waals surface area contributed by atoms with Crippen molar-refractivity contribution in [1.29, 1.82) is 0 Å². The quantitative estimate of drug-likeness (QED) is 0.178. The first kappa shape index (κ1) is 32.8. The zero-order valence-corrected chi connectivity index (χ0v) is 23.3. The van der Waals surface area contributed by atoms with E-state index in [0.717, 1.165) is 19.3 Å². The summed E-state index contributed by atoms with van der Waals surface area (Å²) in [5.41, 5.74) is 11.8. The van der Waals surface area contributed by atoms with Crippen molar-refractivity contribution in [2.24, 2.45) is 17.4 Å². The van der Waals surface area contributed by atoms with Crippen LogP contribution in [0.2, 0.25) is 0 Å². The minimum absolute atomic E-state index is 0.201. The van der Waals surface area contributed by atoms with Crippen molar-refractivity contribution < 1.29 is 19.2 Å². The number of rotatable bonds is 15. The Kier molecular flexibility index (Phi) is 16.8. The van der Waals surface area contributed by atoms with E-state index in [2.05, 4.69) is 28.2 Å². The van der Waals surface area contributed by atoms with Gasteiger partial charge in [-0.15, -0.1) is 0 Å². The summed E-state index contributed by atoms with van der Waals surface area (Å²) in [7, 11) is 0. The van der Waals surface area contributed by atoms with Crippen LogP contribution in [0.4, 0.5) is 0 Å². The van der Waals surface area contributed by atoms with Gasteiger partial charge in [-0.2, -0.15) is 0 Å². The average Bonchev–Trinajstić information content (AvgIpc) is 2.87. The van der Waals surface area contributed by atoms with Crippen molar-refractivity contribution in [3.05, 3.63) is 0 Å². The van der Waals surface area contributed by atoms with Crippen LogP contribution in [0.15, 0.2) is 0 Å². The molecule has 214 valence electrons. The number of nitrogens with one attached hydrogen (secondary N) is 4. The Morgan fingerprint density at radius 3 is 1.95 bits per heavy atom. The molecule has 0 saturated carbocycles. The van der Waals surface area contributed by atoms with E-state index in [-0.39, 0.29) is 18.4 Å². The maximum Gasteiger partial charge on any atom is 0.243 e. The maximum atomic E-state index is 13.2. The fourth-order valence-electron chi connectivity index (χ4n) is 4.55. The lowest BCUT2D eigenvalue weighted by Gasteiger charge is -2.29. The Balaban J connectivity index is 2.86. The second-order valence-corrected chi connectivity index (χ2v) is 10.6. The number of unbranched alkanes of at least 4 members (excludes halogenated alkanes) is 9. The molecule has 1 rings (SSSR count). The molecule has 10 heteroatoms. The summed E-state index contributed by atoms with van der Waals surface area (Å²) in [6.07, 6.45) is 12.7. The molecule has 0 aromatic rings. The summed E-state index contributed by atoms with van der Waals surface area (Å²) in [5, 5.41) is 11.0. The molecule has 1 saturated heterocycles. The molecular formula is C27H52N6O4. The Bertz CT molecular complexity index is 702. The summed E-state index contributed by atoms with van der Waals surface area (Å²) in [6.45, 7) is 6.08. The molecule has 4 atom stereocenters. The molecule has 0 unspecified atom stereocenters. The highest BCUT2D eigenvalue weighted by Crippen LogP contribution is 2.14. The third kappa shape index (κ3) is 13.2. The Morgan fingerprint density at radius 1 is 0.757 bits per heavy atom. The highest BCUT2D eigenvalue weighted by atomic mass is 16.2. The minimum atomic E-state index is -1.00. The molecular weight excluding hydrogens is 472 g/mol. The van der Waals surface area contributed by atoms with Gasteiger partial charge in [0.1, 0.15) is 18.1 Å². The summed E-state index contributed by atoms with van der Waals surface area (Å²) in [5.74, 6) is -1.99. The first-order valence-corrected chi connectivity index (χ1v) is 14.3. The first-order chi connectivity index (χ1) is 17.7. The number of nitrogens with two attached hydrogens (primary N) is 2. The molecule has 10 nitrogen and oxygen atoms in total. The van der Waals surface area contributed by atoms with Crippen LogP contribution >= 0.6 is 0 Å². The molecule has 0 aromatic carbocycles. The standard InChI is InChI=1S/C27H52N6O4/c1-4-5-6-7-8-9-10-11-12-15-20-23(29)26(36)30-18-22(34)31-21(16-13-14-17-28)25(35)33-24(19(2)3)27(37)32-20/h19-21,23-24H,4-18,28-29H2,1-3H3,(H,30,36)(H,31,34)(H,32,37)(H,33,35)/t20-,21+,23-,24+/m1/s1. The van der Waals surface area contributed by atoms with Gasteiger partial charge in [-0.05, 0) is 38.1 Å². The second kappa shape index (κ2) is 19.0. The van der Waals surface area contributed by atoms with E-state index < -0.39 is 41.9 Å². The Hall–Kier alpha value is -2.20. The lowest BCUT2D eigenvalue weighted by Crippen LogP contribution is -2.59. The monoisotopic (exact) mass is 524 g/mol. The third-order valence-electron chi connectivity index (χ3n) is 6.95. The highest BCUT2D eigenvalue weighted by molar-refractivity contribution is 5.94.